The van der Waals surface area contributed by atoms with Crippen molar-refractivity contribution in [2.24, 2.45) is 5.92 Å². The first-order valence-electron chi connectivity index (χ1n) is 7.91. The molecular weight excluding hydrogens is 296 g/mol. The van der Waals surface area contributed by atoms with Crippen molar-refractivity contribution in [3.63, 3.8) is 0 Å². The van der Waals surface area contributed by atoms with Crippen LogP contribution in [0.25, 0.3) is 0 Å². The van der Waals surface area contributed by atoms with Crippen LogP contribution in [0.2, 0.25) is 0 Å². The van der Waals surface area contributed by atoms with Gasteiger partial charge in [-0.1, -0.05) is 0 Å². The number of Topliss-reactive ketones (excluding diaryl/α,β-unsaturated/α-hetero) is 1. The molecule has 1 atom stereocenters. The topological polar surface area (TPSA) is 61.8 Å². The van der Waals surface area contributed by atoms with E-state index in [4.69, 9.17) is 14.2 Å². The van der Waals surface area contributed by atoms with Gasteiger partial charge in [-0.15, -0.1) is 0 Å². The molecule has 23 heavy (non-hydrogen) atoms. The summed E-state index contributed by atoms with van der Waals surface area (Å²) in [5.41, 5.74) is 2.38. The van der Waals surface area contributed by atoms with Gasteiger partial charge in [0.25, 0.3) is 0 Å². The van der Waals surface area contributed by atoms with Gasteiger partial charge in [0.1, 0.15) is 29.3 Å². The summed E-state index contributed by atoms with van der Waals surface area (Å²) < 4.78 is 16.9. The maximum atomic E-state index is 13.0. The molecule has 1 fully saturated rings. The van der Waals surface area contributed by atoms with Gasteiger partial charge < -0.3 is 19.0 Å². The fourth-order valence-corrected chi connectivity index (χ4v) is 3.64. The van der Waals surface area contributed by atoms with Crippen molar-refractivity contribution in [1.82, 2.24) is 0 Å². The minimum atomic E-state index is -0.722. The maximum absolute atomic E-state index is 13.0. The van der Waals surface area contributed by atoms with Crippen LogP contribution in [0.5, 0.6) is 11.5 Å². The van der Waals surface area contributed by atoms with Crippen molar-refractivity contribution in [2.75, 3.05) is 13.9 Å². The summed E-state index contributed by atoms with van der Waals surface area (Å²) in [6.07, 6.45) is 3.23. The van der Waals surface area contributed by atoms with Gasteiger partial charge in [-0.3, -0.25) is 4.79 Å². The molecule has 0 aromatic heterocycles. The highest BCUT2D eigenvalue weighted by molar-refractivity contribution is 6.11. The monoisotopic (exact) mass is 318 g/mol. The van der Waals surface area contributed by atoms with Gasteiger partial charge in [-0.05, 0) is 51.2 Å². The summed E-state index contributed by atoms with van der Waals surface area (Å²) in [5.74, 6) is 0.380. The zero-order valence-corrected chi connectivity index (χ0v) is 14.0. The van der Waals surface area contributed by atoms with Crippen LogP contribution in [0.1, 0.15) is 46.3 Å². The Bertz CT molecular complexity index is 673. The molecule has 0 radical (unpaired) electrons. The Morgan fingerprint density at radius 2 is 1.91 bits per heavy atom. The number of aldehydes is 1. The summed E-state index contributed by atoms with van der Waals surface area (Å²) >= 11 is 0. The van der Waals surface area contributed by atoms with Gasteiger partial charge in [-0.25, -0.2) is 0 Å². The minimum Gasteiger partial charge on any atom is -0.485 e. The average Bonchev–Trinajstić information content (AvgIpc) is 2.50. The van der Waals surface area contributed by atoms with Crippen LogP contribution >= 0.6 is 0 Å². The normalized spacial score (nSPS) is 21.4. The van der Waals surface area contributed by atoms with Crippen LogP contribution in [0.4, 0.5) is 0 Å². The molecule has 1 saturated carbocycles. The lowest BCUT2D eigenvalue weighted by Gasteiger charge is -2.48. The zero-order chi connectivity index (χ0) is 16.8. The van der Waals surface area contributed by atoms with E-state index in [0.29, 0.717) is 22.6 Å². The number of rotatable bonds is 4. The largest absolute Gasteiger partial charge is 0.485 e. The second kappa shape index (κ2) is 5.64. The summed E-state index contributed by atoms with van der Waals surface area (Å²) in [6.45, 7) is 5.81. The molecule has 0 bridgehead atoms. The first kappa shape index (κ1) is 16.0. The molecule has 1 unspecified atom stereocenters. The fraction of sp³-hybridized carbons (Fsp3) is 0.556. The Morgan fingerprint density at radius 1 is 1.22 bits per heavy atom. The van der Waals surface area contributed by atoms with E-state index in [-0.39, 0.29) is 12.6 Å². The molecule has 3 rings (SSSR count). The molecular formula is C18H22O5. The van der Waals surface area contributed by atoms with Crippen molar-refractivity contribution in [1.29, 1.82) is 0 Å². The minimum absolute atomic E-state index is 0.107. The van der Waals surface area contributed by atoms with Crippen molar-refractivity contribution < 1.29 is 23.8 Å². The molecule has 0 saturated heterocycles. The number of benzene rings is 1. The highest BCUT2D eigenvalue weighted by Crippen LogP contribution is 2.51. The van der Waals surface area contributed by atoms with Crippen molar-refractivity contribution in [3.05, 3.63) is 22.3 Å². The van der Waals surface area contributed by atoms with Gasteiger partial charge in [0.05, 0.1) is 5.56 Å². The van der Waals surface area contributed by atoms with Crippen LogP contribution in [-0.4, -0.2) is 31.6 Å². The lowest BCUT2D eigenvalue weighted by molar-refractivity contribution is -0.122. The van der Waals surface area contributed by atoms with E-state index in [2.05, 4.69) is 0 Å². The third-order valence-electron chi connectivity index (χ3n) is 5.24. The Morgan fingerprint density at radius 3 is 2.43 bits per heavy atom. The predicted octanol–water partition coefficient (Wildman–Crippen LogP) is 2.91. The summed E-state index contributed by atoms with van der Waals surface area (Å²) in [4.78, 5) is 24.5. The van der Waals surface area contributed by atoms with Crippen LogP contribution in [0, 0.1) is 26.7 Å². The number of methoxy groups -OCH3 is 1. The molecule has 5 nitrogen and oxygen atoms in total. The average molecular weight is 318 g/mol. The third kappa shape index (κ3) is 2.17. The summed E-state index contributed by atoms with van der Waals surface area (Å²) in [5, 5.41) is 0. The first-order chi connectivity index (χ1) is 11.0. The number of hydrogen-bond donors (Lipinski definition) is 0. The molecule has 1 aromatic rings. The highest BCUT2D eigenvalue weighted by atomic mass is 16.7. The number of hydrogen-bond acceptors (Lipinski definition) is 5. The van der Waals surface area contributed by atoms with Gasteiger partial charge in [0, 0.05) is 12.7 Å². The molecule has 1 aliphatic carbocycles. The smallest absolute Gasteiger partial charge is 0.188 e. The van der Waals surface area contributed by atoms with E-state index < -0.39 is 11.5 Å². The van der Waals surface area contributed by atoms with E-state index in [1.165, 1.54) is 0 Å². The van der Waals surface area contributed by atoms with Crippen LogP contribution in [-0.2, 0) is 9.53 Å². The Kier molecular flexibility index (Phi) is 3.92. The molecule has 0 N–H and O–H groups in total. The van der Waals surface area contributed by atoms with E-state index in [1.807, 2.05) is 20.8 Å². The van der Waals surface area contributed by atoms with Crippen molar-refractivity contribution in [3.8, 4) is 11.5 Å². The number of ether oxygens (including phenoxy) is 3. The number of fused-ring (bicyclic) bond motifs is 1. The molecule has 1 heterocycles. The predicted molar refractivity (Wildman–Crippen MR) is 84.3 cm³/mol. The summed E-state index contributed by atoms with van der Waals surface area (Å²) in [7, 11) is 1.55. The summed E-state index contributed by atoms with van der Waals surface area (Å²) in [6, 6.07) is 0. The molecule has 2 aliphatic rings. The number of carbonyl (C=O) groups is 2. The molecule has 0 amide bonds. The van der Waals surface area contributed by atoms with E-state index in [0.717, 1.165) is 36.7 Å². The first-order valence-corrected chi connectivity index (χ1v) is 7.91. The number of ketones is 1. The number of carbonyl (C=O) groups excluding carboxylic acids is 2. The third-order valence-corrected chi connectivity index (χ3v) is 5.24. The zero-order valence-electron chi connectivity index (χ0n) is 14.0. The Labute approximate surface area is 135 Å². The van der Waals surface area contributed by atoms with Gasteiger partial charge >= 0.3 is 0 Å². The van der Waals surface area contributed by atoms with Gasteiger partial charge in [0.2, 0.25) is 0 Å². The van der Waals surface area contributed by atoms with Gasteiger partial charge in [-0.2, -0.15) is 0 Å². The Balaban J connectivity index is 2.17. The van der Waals surface area contributed by atoms with Crippen molar-refractivity contribution in [2.45, 2.75) is 45.6 Å². The molecule has 124 valence electrons. The Hall–Kier alpha value is -1.88. The lowest BCUT2D eigenvalue weighted by atomic mass is 9.66. The molecule has 1 aromatic carbocycles. The molecule has 1 spiro atoms. The van der Waals surface area contributed by atoms with E-state index >= 15 is 0 Å². The quantitative estimate of drug-likeness (QED) is 0.485. The molecule has 5 heteroatoms. The lowest BCUT2D eigenvalue weighted by Crippen LogP contribution is -2.56. The van der Waals surface area contributed by atoms with Crippen LogP contribution in [0.3, 0.4) is 0 Å². The fourth-order valence-electron chi connectivity index (χ4n) is 3.64. The highest BCUT2D eigenvalue weighted by Gasteiger charge is 2.54. The second-order valence-corrected chi connectivity index (χ2v) is 6.46. The standard InChI is InChI=1S/C18H22O5/c1-10-11(2)17-14(12(3)16(10)22-9-21-4)15(20)13(8-19)18(23-17)6-5-7-18/h8,13H,5-7,9H2,1-4H3. The second-order valence-electron chi connectivity index (χ2n) is 6.46. The SMILES string of the molecule is COCOc1c(C)c(C)c2c(c1C)C(=O)C(C=O)C1(CCC1)O2. The van der Waals surface area contributed by atoms with Crippen molar-refractivity contribution >= 4 is 12.1 Å². The van der Waals surface area contributed by atoms with E-state index in [9.17, 15) is 9.59 Å². The molecule has 1 aliphatic heterocycles. The van der Waals surface area contributed by atoms with Crippen LogP contribution in [0.15, 0.2) is 0 Å². The van der Waals surface area contributed by atoms with Gasteiger partial charge in [0.15, 0.2) is 12.6 Å². The maximum Gasteiger partial charge on any atom is 0.188 e. The van der Waals surface area contributed by atoms with E-state index in [1.54, 1.807) is 7.11 Å². The van der Waals surface area contributed by atoms with Crippen LogP contribution < -0.4 is 9.47 Å².